The van der Waals surface area contributed by atoms with Gasteiger partial charge in [-0.3, -0.25) is 9.78 Å². The minimum atomic E-state index is 0. The van der Waals surface area contributed by atoms with Crippen molar-refractivity contribution in [3.8, 4) is 5.75 Å². The summed E-state index contributed by atoms with van der Waals surface area (Å²) in [4.78, 5) is 19.2. The number of halogens is 1. The molecule has 1 aromatic carbocycles. The summed E-state index contributed by atoms with van der Waals surface area (Å²) in [7, 11) is 1.63. The zero-order chi connectivity index (χ0) is 15.7. The average Bonchev–Trinajstić information content (AvgIpc) is 3.02. The monoisotopic (exact) mass is 335 g/mol. The Hall–Kier alpha value is -1.85. The Morgan fingerprint density at radius 2 is 2.22 bits per heavy atom. The van der Waals surface area contributed by atoms with Gasteiger partial charge < -0.3 is 15.4 Å². The summed E-state index contributed by atoms with van der Waals surface area (Å²) >= 11 is 0. The number of amides is 1. The van der Waals surface area contributed by atoms with Crippen LogP contribution in [0.15, 0.2) is 24.3 Å². The first-order valence-corrected chi connectivity index (χ1v) is 7.57. The van der Waals surface area contributed by atoms with Crippen LogP contribution < -0.4 is 10.5 Å². The molecular weight excluding hydrogens is 314 g/mol. The van der Waals surface area contributed by atoms with Crippen molar-refractivity contribution in [2.24, 2.45) is 11.7 Å². The van der Waals surface area contributed by atoms with Crippen molar-refractivity contribution >= 4 is 29.2 Å². The van der Waals surface area contributed by atoms with Crippen molar-refractivity contribution in [2.75, 3.05) is 26.7 Å². The summed E-state index contributed by atoms with van der Waals surface area (Å²) in [6.07, 6.45) is 0.986. The lowest BCUT2D eigenvalue weighted by Gasteiger charge is -2.18. The number of aryl methyl sites for hydroxylation is 1. The lowest BCUT2D eigenvalue weighted by atomic mass is 10.1. The zero-order valence-corrected chi connectivity index (χ0v) is 14.2. The van der Waals surface area contributed by atoms with Crippen LogP contribution in [-0.4, -0.2) is 42.5 Å². The number of carbonyl (C=O) groups excluding carboxylic acids is 1. The number of rotatable bonds is 3. The van der Waals surface area contributed by atoms with Gasteiger partial charge in [0.25, 0.3) is 5.91 Å². The highest BCUT2D eigenvalue weighted by molar-refractivity contribution is 5.99. The lowest BCUT2D eigenvalue weighted by Crippen LogP contribution is -2.30. The molecule has 2 N–H and O–H groups in total. The molecule has 0 spiro atoms. The fourth-order valence-electron chi connectivity index (χ4n) is 2.97. The molecule has 0 bridgehead atoms. The van der Waals surface area contributed by atoms with E-state index in [0.29, 0.717) is 18.0 Å². The molecule has 124 valence electrons. The summed E-state index contributed by atoms with van der Waals surface area (Å²) in [5.41, 5.74) is 7.97. The van der Waals surface area contributed by atoms with Gasteiger partial charge in [-0.05, 0) is 44.0 Å². The summed E-state index contributed by atoms with van der Waals surface area (Å²) in [6, 6.07) is 7.63. The molecule has 1 amide bonds. The van der Waals surface area contributed by atoms with E-state index in [1.54, 1.807) is 7.11 Å². The Morgan fingerprint density at radius 3 is 2.87 bits per heavy atom. The van der Waals surface area contributed by atoms with Gasteiger partial charge in [0.15, 0.2) is 0 Å². The van der Waals surface area contributed by atoms with Gasteiger partial charge in [0.1, 0.15) is 5.75 Å². The molecule has 1 fully saturated rings. The third kappa shape index (κ3) is 3.41. The maximum absolute atomic E-state index is 12.7. The Morgan fingerprint density at radius 1 is 1.43 bits per heavy atom. The molecule has 1 aromatic heterocycles. The van der Waals surface area contributed by atoms with E-state index in [1.807, 2.05) is 36.1 Å². The highest BCUT2D eigenvalue weighted by atomic mass is 35.5. The first-order valence-electron chi connectivity index (χ1n) is 7.57. The molecule has 2 aromatic rings. The number of benzene rings is 1. The highest BCUT2D eigenvalue weighted by Gasteiger charge is 2.27. The second-order valence-electron chi connectivity index (χ2n) is 5.82. The first-order chi connectivity index (χ1) is 10.6. The summed E-state index contributed by atoms with van der Waals surface area (Å²) in [6.45, 7) is 4.04. The van der Waals surface area contributed by atoms with Crippen molar-refractivity contribution in [1.29, 1.82) is 0 Å². The summed E-state index contributed by atoms with van der Waals surface area (Å²) < 4.78 is 5.22. The van der Waals surface area contributed by atoms with Gasteiger partial charge in [-0.2, -0.15) is 0 Å². The van der Waals surface area contributed by atoms with Gasteiger partial charge >= 0.3 is 0 Å². The van der Waals surface area contributed by atoms with Crippen molar-refractivity contribution in [3.63, 3.8) is 0 Å². The molecule has 2 heterocycles. The van der Waals surface area contributed by atoms with Crippen LogP contribution in [-0.2, 0) is 0 Å². The van der Waals surface area contributed by atoms with Gasteiger partial charge in [0.2, 0.25) is 0 Å². The fraction of sp³-hybridized carbons (Fsp3) is 0.412. The smallest absolute Gasteiger partial charge is 0.255 e. The Labute approximate surface area is 142 Å². The average molecular weight is 336 g/mol. The fourth-order valence-corrected chi connectivity index (χ4v) is 2.97. The number of carbonyl (C=O) groups is 1. The van der Waals surface area contributed by atoms with Gasteiger partial charge in [-0.15, -0.1) is 12.4 Å². The van der Waals surface area contributed by atoms with E-state index in [1.165, 1.54) is 0 Å². The number of hydrogen-bond donors (Lipinski definition) is 1. The molecule has 1 unspecified atom stereocenters. The molecule has 1 saturated heterocycles. The number of hydrogen-bond acceptors (Lipinski definition) is 4. The van der Waals surface area contributed by atoms with Crippen LogP contribution in [0.2, 0.25) is 0 Å². The molecule has 1 atom stereocenters. The third-order valence-electron chi connectivity index (χ3n) is 4.35. The van der Waals surface area contributed by atoms with Crippen LogP contribution in [0, 0.1) is 12.8 Å². The van der Waals surface area contributed by atoms with Gasteiger partial charge in [-0.1, -0.05) is 0 Å². The SMILES string of the molecule is COc1ccc2cc(C(=O)N3CCC(CN)C3)c(C)nc2c1.Cl. The Kier molecular flexibility index (Phi) is 5.44. The maximum Gasteiger partial charge on any atom is 0.255 e. The van der Waals surface area contributed by atoms with Crippen molar-refractivity contribution < 1.29 is 9.53 Å². The van der Waals surface area contributed by atoms with Crippen LogP contribution in [0.5, 0.6) is 5.75 Å². The van der Waals surface area contributed by atoms with Crippen LogP contribution in [0.3, 0.4) is 0 Å². The molecule has 6 heteroatoms. The number of ether oxygens (including phenoxy) is 1. The van der Waals surface area contributed by atoms with Crippen LogP contribution in [0.25, 0.3) is 10.9 Å². The van der Waals surface area contributed by atoms with E-state index < -0.39 is 0 Å². The van der Waals surface area contributed by atoms with Gasteiger partial charge in [0, 0.05) is 24.5 Å². The van der Waals surface area contributed by atoms with E-state index in [2.05, 4.69) is 4.98 Å². The highest BCUT2D eigenvalue weighted by Crippen LogP contribution is 2.24. The number of methoxy groups -OCH3 is 1. The molecule has 0 saturated carbocycles. The molecule has 0 radical (unpaired) electrons. The van der Waals surface area contributed by atoms with Crippen molar-refractivity contribution in [3.05, 3.63) is 35.5 Å². The number of fused-ring (bicyclic) bond motifs is 1. The summed E-state index contributed by atoms with van der Waals surface area (Å²) in [5.74, 6) is 1.24. The van der Waals surface area contributed by atoms with Crippen LogP contribution in [0.1, 0.15) is 22.5 Å². The molecule has 1 aliphatic rings. The molecule has 3 rings (SSSR count). The van der Waals surface area contributed by atoms with Gasteiger partial charge in [0.05, 0.1) is 23.9 Å². The Bertz CT molecular complexity index is 720. The molecular formula is C17H22ClN3O2. The maximum atomic E-state index is 12.7. The second-order valence-corrected chi connectivity index (χ2v) is 5.82. The third-order valence-corrected chi connectivity index (χ3v) is 4.35. The number of likely N-dealkylation sites (tertiary alicyclic amines) is 1. The normalized spacial score (nSPS) is 17.2. The summed E-state index contributed by atoms with van der Waals surface area (Å²) in [5, 5.41) is 0.948. The number of pyridine rings is 1. The van der Waals surface area contributed by atoms with E-state index >= 15 is 0 Å². The predicted octanol–water partition coefficient (Wildman–Crippen LogP) is 2.39. The van der Waals surface area contributed by atoms with Crippen LogP contribution in [0.4, 0.5) is 0 Å². The topological polar surface area (TPSA) is 68.5 Å². The molecule has 23 heavy (non-hydrogen) atoms. The molecule has 5 nitrogen and oxygen atoms in total. The van der Waals surface area contributed by atoms with Crippen molar-refractivity contribution in [2.45, 2.75) is 13.3 Å². The second kappa shape index (κ2) is 7.15. The molecule has 1 aliphatic heterocycles. The number of aromatic nitrogens is 1. The Balaban J connectivity index is 0.00000192. The lowest BCUT2D eigenvalue weighted by molar-refractivity contribution is 0.0786. The number of nitrogens with two attached hydrogens (primary N) is 1. The zero-order valence-electron chi connectivity index (χ0n) is 13.4. The minimum Gasteiger partial charge on any atom is -0.497 e. The largest absolute Gasteiger partial charge is 0.497 e. The first kappa shape index (κ1) is 17.5. The van der Waals surface area contributed by atoms with Crippen LogP contribution >= 0.6 is 12.4 Å². The van der Waals surface area contributed by atoms with Crippen molar-refractivity contribution in [1.82, 2.24) is 9.88 Å². The van der Waals surface area contributed by atoms with E-state index in [9.17, 15) is 4.79 Å². The quantitative estimate of drug-likeness (QED) is 0.935. The minimum absolute atomic E-state index is 0. The standard InChI is InChI=1S/C17H21N3O2.ClH/c1-11-15(17(21)20-6-5-12(9-18)10-20)7-13-3-4-14(22-2)8-16(13)19-11;/h3-4,7-8,12H,5-6,9-10,18H2,1-2H3;1H. The van der Waals surface area contributed by atoms with E-state index in [0.717, 1.165) is 41.9 Å². The predicted molar refractivity (Wildman–Crippen MR) is 93.3 cm³/mol. The van der Waals surface area contributed by atoms with E-state index in [-0.39, 0.29) is 18.3 Å². The number of nitrogens with zero attached hydrogens (tertiary/aromatic N) is 2. The van der Waals surface area contributed by atoms with Gasteiger partial charge in [-0.25, -0.2) is 0 Å². The molecule has 0 aliphatic carbocycles. The van der Waals surface area contributed by atoms with E-state index in [4.69, 9.17) is 10.5 Å².